The van der Waals surface area contributed by atoms with Crippen LogP contribution in [-0.2, 0) is 9.59 Å². The molecule has 1 unspecified atom stereocenters. The fraction of sp³-hybridized carbons (Fsp3) is 0.846. The van der Waals surface area contributed by atoms with Crippen molar-refractivity contribution >= 4 is 11.8 Å². The fourth-order valence-electron chi connectivity index (χ4n) is 2.46. The summed E-state index contributed by atoms with van der Waals surface area (Å²) < 4.78 is 37.4. The average Bonchev–Trinajstić information content (AvgIpc) is 2.42. The molecule has 4 nitrogen and oxygen atoms in total. The molecule has 0 aliphatic carbocycles. The number of hydrogen-bond donors (Lipinski definition) is 0. The molecule has 1 atom stereocenters. The largest absolute Gasteiger partial charge is 0.406 e. The minimum atomic E-state index is -4.42. The molecule has 1 aliphatic rings. The molecule has 116 valence electrons. The summed E-state index contributed by atoms with van der Waals surface area (Å²) in [5, 5.41) is 0. The normalized spacial score (nSPS) is 19.9. The van der Waals surface area contributed by atoms with Crippen molar-refractivity contribution in [1.82, 2.24) is 9.80 Å². The van der Waals surface area contributed by atoms with E-state index in [1.807, 2.05) is 0 Å². The number of carbonyl (C=O) groups excluding carboxylic acids is 2. The number of amides is 2. The van der Waals surface area contributed by atoms with Gasteiger partial charge in [-0.2, -0.15) is 13.2 Å². The lowest BCUT2D eigenvalue weighted by molar-refractivity contribution is -0.166. The Morgan fingerprint density at radius 1 is 1.25 bits per heavy atom. The molecule has 7 heteroatoms. The van der Waals surface area contributed by atoms with Crippen LogP contribution in [0.3, 0.4) is 0 Å². The van der Waals surface area contributed by atoms with Crippen LogP contribution in [0.15, 0.2) is 0 Å². The average molecular weight is 294 g/mol. The molecule has 1 fully saturated rings. The summed E-state index contributed by atoms with van der Waals surface area (Å²) in [6, 6.07) is -0.738. The minimum absolute atomic E-state index is 0.0109. The van der Waals surface area contributed by atoms with Gasteiger partial charge >= 0.3 is 6.18 Å². The van der Waals surface area contributed by atoms with Crippen molar-refractivity contribution in [2.45, 2.75) is 51.7 Å². The van der Waals surface area contributed by atoms with Gasteiger partial charge in [0.15, 0.2) is 0 Å². The Morgan fingerprint density at radius 3 is 2.40 bits per heavy atom. The van der Waals surface area contributed by atoms with Crippen LogP contribution in [0, 0.1) is 0 Å². The fourth-order valence-corrected chi connectivity index (χ4v) is 2.46. The van der Waals surface area contributed by atoms with Gasteiger partial charge in [-0.1, -0.05) is 6.92 Å². The lowest BCUT2D eigenvalue weighted by Gasteiger charge is -2.37. The van der Waals surface area contributed by atoms with Gasteiger partial charge in [0.25, 0.3) is 0 Å². The number of carbonyl (C=O) groups is 2. The molecule has 20 heavy (non-hydrogen) atoms. The lowest BCUT2D eigenvalue weighted by Crippen LogP contribution is -2.54. The molecule has 0 aromatic rings. The Hall–Kier alpha value is -1.27. The third-order valence-corrected chi connectivity index (χ3v) is 3.47. The van der Waals surface area contributed by atoms with E-state index in [0.29, 0.717) is 13.0 Å². The van der Waals surface area contributed by atoms with Crippen LogP contribution >= 0.6 is 0 Å². The molecule has 0 aromatic heterocycles. The molecule has 1 heterocycles. The molecule has 0 N–H and O–H groups in total. The summed E-state index contributed by atoms with van der Waals surface area (Å²) >= 11 is 0. The maximum Gasteiger partial charge on any atom is 0.406 e. The standard InChI is InChI=1S/C13H21F3N2O2/c1-3-11(19)18-8-6-5-7-10(18)12(20)17(4-2)9-13(14,15)16/h10H,3-9H2,1-2H3. The highest BCUT2D eigenvalue weighted by molar-refractivity contribution is 5.87. The third-order valence-electron chi connectivity index (χ3n) is 3.47. The Bertz CT molecular complexity index is 358. The first-order valence-electron chi connectivity index (χ1n) is 6.95. The molecule has 2 amide bonds. The lowest BCUT2D eigenvalue weighted by atomic mass is 10.00. The molecule has 1 aliphatic heterocycles. The van der Waals surface area contributed by atoms with E-state index in [9.17, 15) is 22.8 Å². The zero-order valence-corrected chi connectivity index (χ0v) is 11.9. The van der Waals surface area contributed by atoms with Gasteiger partial charge in [-0.3, -0.25) is 9.59 Å². The number of piperidine rings is 1. The van der Waals surface area contributed by atoms with Crippen molar-refractivity contribution in [2.75, 3.05) is 19.6 Å². The minimum Gasteiger partial charge on any atom is -0.332 e. The van der Waals surface area contributed by atoms with Gasteiger partial charge in [-0.15, -0.1) is 0 Å². The second-order valence-corrected chi connectivity index (χ2v) is 4.92. The number of hydrogen-bond acceptors (Lipinski definition) is 2. The van der Waals surface area contributed by atoms with Crippen LogP contribution in [0.2, 0.25) is 0 Å². The Morgan fingerprint density at radius 2 is 1.90 bits per heavy atom. The predicted octanol–water partition coefficient (Wildman–Crippen LogP) is 2.19. The van der Waals surface area contributed by atoms with Crippen molar-refractivity contribution in [1.29, 1.82) is 0 Å². The first-order valence-corrected chi connectivity index (χ1v) is 6.95. The van der Waals surface area contributed by atoms with Crippen molar-refractivity contribution < 1.29 is 22.8 Å². The van der Waals surface area contributed by atoms with Gasteiger partial charge in [0, 0.05) is 19.5 Å². The van der Waals surface area contributed by atoms with E-state index in [2.05, 4.69) is 0 Å². The van der Waals surface area contributed by atoms with Crippen molar-refractivity contribution in [3.63, 3.8) is 0 Å². The number of nitrogens with zero attached hydrogens (tertiary/aromatic N) is 2. The SMILES string of the molecule is CCC(=O)N1CCCCC1C(=O)N(CC)CC(F)(F)F. The second-order valence-electron chi connectivity index (χ2n) is 4.92. The van der Waals surface area contributed by atoms with E-state index in [1.165, 1.54) is 11.8 Å². The molecule has 0 spiro atoms. The monoisotopic (exact) mass is 294 g/mol. The quantitative estimate of drug-likeness (QED) is 0.797. The van der Waals surface area contributed by atoms with Gasteiger partial charge < -0.3 is 9.80 Å². The van der Waals surface area contributed by atoms with E-state index in [1.54, 1.807) is 6.92 Å². The topological polar surface area (TPSA) is 40.6 Å². The summed E-state index contributed by atoms with van der Waals surface area (Å²) in [4.78, 5) is 26.3. The number of likely N-dealkylation sites (N-methyl/N-ethyl adjacent to an activating group) is 1. The number of halogens is 3. The molecular weight excluding hydrogens is 273 g/mol. The highest BCUT2D eigenvalue weighted by Gasteiger charge is 2.38. The molecule has 0 aromatic carbocycles. The van der Waals surface area contributed by atoms with Gasteiger partial charge in [-0.25, -0.2) is 0 Å². The molecule has 1 rings (SSSR count). The van der Waals surface area contributed by atoms with E-state index in [4.69, 9.17) is 0 Å². The van der Waals surface area contributed by atoms with Crippen LogP contribution in [0.1, 0.15) is 39.5 Å². The first-order chi connectivity index (χ1) is 9.30. The Balaban J connectivity index is 2.82. The van der Waals surface area contributed by atoms with E-state index in [0.717, 1.165) is 17.7 Å². The van der Waals surface area contributed by atoms with Crippen molar-refractivity contribution in [3.05, 3.63) is 0 Å². The van der Waals surface area contributed by atoms with Crippen LogP contribution in [0.4, 0.5) is 13.2 Å². The molecular formula is C13H21F3N2O2. The van der Waals surface area contributed by atoms with Gasteiger partial charge in [0.2, 0.25) is 11.8 Å². The van der Waals surface area contributed by atoms with Crippen molar-refractivity contribution in [2.24, 2.45) is 0 Å². The summed E-state index contributed by atoms with van der Waals surface area (Å²) in [5.41, 5.74) is 0. The van der Waals surface area contributed by atoms with Crippen LogP contribution < -0.4 is 0 Å². The third kappa shape index (κ3) is 4.38. The summed E-state index contributed by atoms with van der Waals surface area (Å²) in [6.45, 7) is 2.38. The summed E-state index contributed by atoms with van der Waals surface area (Å²) in [6.07, 6.45) is -2.16. The number of alkyl halides is 3. The van der Waals surface area contributed by atoms with Crippen LogP contribution in [0.25, 0.3) is 0 Å². The smallest absolute Gasteiger partial charge is 0.332 e. The van der Waals surface area contributed by atoms with Gasteiger partial charge in [0.05, 0.1) is 0 Å². The summed E-state index contributed by atoms with van der Waals surface area (Å²) in [7, 11) is 0. The summed E-state index contributed by atoms with van der Waals surface area (Å²) in [5.74, 6) is -0.766. The van der Waals surface area contributed by atoms with Gasteiger partial charge in [0.1, 0.15) is 12.6 Å². The zero-order valence-electron chi connectivity index (χ0n) is 11.9. The zero-order chi connectivity index (χ0) is 15.3. The van der Waals surface area contributed by atoms with Crippen LogP contribution in [0.5, 0.6) is 0 Å². The molecule has 0 saturated carbocycles. The maximum absolute atomic E-state index is 12.5. The van der Waals surface area contributed by atoms with E-state index in [-0.39, 0.29) is 18.9 Å². The highest BCUT2D eigenvalue weighted by Crippen LogP contribution is 2.22. The Kier molecular flexibility index (Phi) is 5.83. The van der Waals surface area contributed by atoms with E-state index < -0.39 is 24.7 Å². The van der Waals surface area contributed by atoms with Gasteiger partial charge in [-0.05, 0) is 26.2 Å². The second kappa shape index (κ2) is 6.95. The molecule has 0 bridgehead atoms. The first kappa shape index (κ1) is 16.8. The predicted molar refractivity (Wildman–Crippen MR) is 68.0 cm³/mol. The van der Waals surface area contributed by atoms with Crippen molar-refractivity contribution in [3.8, 4) is 0 Å². The van der Waals surface area contributed by atoms with E-state index >= 15 is 0 Å². The maximum atomic E-state index is 12.5. The molecule has 1 saturated heterocycles. The highest BCUT2D eigenvalue weighted by atomic mass is 19.4. The number of rotatable bonds is 4. The molecule has 0 radical (unpaired) electrons. The Labute approximate surface area is 116 Å². The van der Waals surface area contributed by atoms with Crippen LogP contribution in [-0.4, -0.2) is 53.5 Å². The number of likely N-dealkylation sites (tertiary alicyclic amines) is 1.